The fourth-order valence-electron chi connectivity index (χ4n) is 1.13. The van der Waals surface area contributed by atoms with E-state index in [1.54, 1.807) is 12.3 Å². The average molecular weight is 369 g/mol. The number of nitrogens with zero attached hydrogens (tertiary/aromatic N) is 2. The van der Waals surface area contributed by atoms with E-state index in [-0.39, 0.29) is 10.0 Å². The molecule has 0 fully saturated rings. The van der Waals surface area contributed by atoms with Crippen LogP contribution in [0.15, 0.2) is 27.0 Å². The molecule has 0 unspecified atom stereocenters. The molecule has 0 aliphatic heterocycles. The number of aryl methyl sites for hydroxylation is 1. The molecule has 96 valence electrons. The fraction of sp³-hybridized carbons (Fsp3) is 0.111. The predicted molar refractivity (Wildman–Crippen MR) is 74.6 cm³/mol. The van der Waals surface area contributed by atoms with E-state index in [1.807, 2.05) is 0 Å². The van der Waals surface area contributed by atoms with Crippen molar-refractivity contribution in [3.8, 4) is 0 Å². The molecule has 0 aliphatic rings. The number of rotatable bonds is 3. The van der Waals surface area contributed by atoms with Crippen molar-refractivity contribution in [2.24, 2.45) is 0 Å². The van der Waals surface area contributed by atoms with E-state index in [1.165, 1.54) is 23.6 Å². The van der Waals surface area contributed by atoms with E-state index >= 15 is 0 Å². The molecule has 2 rings (SSSR count). The van der Waals surface area contributed by atoms with E-state index in [0.29, 0.717) is 9.60 Å². The Morgan fingerprint density at radius 3 is 2.78 bits per heavy atom. The van der Waals surface area contributed by atoms with E-state index in [4.69, 9.17) is 11.6 Å². The van der Waals surface area contributed by atoms with E-state index in [0.717, 1.165) is 5.69 Å². The van der Waals surface area contributed by atoms with Gasteiger partial charge in [0.1, 0.15) is 10.0 Å². The zero-order chi connectivity index (χ0) is 13.3. The van der Waals surface area contributed by atoms with Gasteiger partial charge in [0.15, 0.2) is 5.13 Å². The molecule has 0 saturated carbocycles. The summed E-state index contributed by atoms with van der Waals surface area (Å²) in [5.41, 5.74) is 0.758. The SMILES string of the molecule is Cc1csc(NS(=O)(=O)c2cnc(Cl)c(Br)c2)n1. The number of sulfonamides is 1. The Labute approximate surface area is 121 Å². The molecule has 9 heteroatoms. The van der Waals surface area contributed by atoms with Crippen LogP contribution in [0.3, 0.4) is 0 Å². The summed E-state index contributed by atoms with van der Waals surface area (Å²) >= 11 is 10.1. The standard InChI is InChI=1S/C9H7BrClN3O2S2/c1-5-4-17-9(13-5)14-18(15,16)6-2-7(10)8(11)12-3-6/h2-4H,1H3,(H,13,14). The first-order valence-electron chi connectivity index (χ1n) is 4.64. The van der Waals surface area contributed by atoms with Gasteiger partial charge in [-0.1, -0.05) is 11.6 Å². The number of thiazole rings is 1. The van der Waals surface area contributed by atoms with Crippen molar-refractivity contribution in [1.82, 2.24) is 9.97 Å². The quantitative estimate of drug-likeness (QED) is 0.845. The highest BCUT2D eigenvalue weighted by Gasteiger charge is 2.17. The second kappa shape index (κ2) is 5.12. The van der Waals surface area contributed by atoms with Crippen LogP contribution < -0.4 is 4.72 Å². The first-order chi connectivity index (χ1) is 8.38. The van der Waals surface area contributed by atoms with Crippen LogP contribution in [0.4, 0.5) is 5.13 Å². The number of hydrogen-bond acceptors (Lipinski definition) is 5. The van der Waals surface area contributed by atoms with Gasteiger partial charge >= 0.3 is 0 Å². The van der Waals surface area contributed by atoms with Gasteiger partial charge < -0.3 is 0 Å². The van der Waals surface area contributed by atoms with E-state index in [2.05, 4.69) is 30.6 Å². The number of nitrogens with one attached hydrogen (secondary N) is 1. The smallest absolute Gasteiger partial charge is 0.255 e. The second-order valence-corrected chi connectivity index (χ2v) is 7.10. The third kappa shape index (κ3) is 3.00. The summed E-state index contributed by atoms with van der Waals surface area (Å²) in [6.07, 6.45) is 1.19. The van der Waals surface area contributed by atoms with Crippen LogP contribution in [-0.4, -0.2) is 18.4 Å². The van der Waals surface area contributed by atoms with E-state index in [9.17, 15) is 8.42 Å². The minimum absolute atomic E-state index is 0.0200. The number of anilines is 1. The molecule has 2 aromatic heterocycles. The normalized spacial score (nSPS) is 11.5. The molecule has 18 heavy (non-hydrogen) atoms. The molecule has 0 radical (unpaired) electrons. The molecule has 0 aliphatic carbocycles. The molecule has 0 aromatic carbocycles. The van der Waals surface area contributed by atoms with Gasteiger partial charge in [-0.05, 0) is 28.9 Å². The minimum Gasteiger partial charge on any atom is -0.255 e. The van der Waals surface area contributed by atoms with Gasteiger partial charge in [0.05, 0.1) is 10.2 Å². The van der Waals surface area contributed by atoms with Crippen molar-refractivity contribution in [1.29, 1.82) is 0 Å². The van der Waals surface area contributed by atoms with Gasteiger partial charge in [-0.15, -0.1) is 11.3 Å². The van der Waals surface area contributed by atoms with Crippen molar-refractivity contribution in [2.75, 3.05) is 4.72 Å². The molecular weight excluding hydrogens is 362 g/mol. The lowest BCUT2D eigenvalue weighted by Crippen LogP contribution is -2.13. The van der Waals surface area contributed by atoms with Crippen molar-refractivity contribution >= 4 is 54.0 Å². The van der Waals surface area contributed by atoms with Crippen LogP contribution in [0.5, 0.6) is 0 Å². The monoisotopic (exact) mass is 367 g/mol. The first-order valence-corrected chi connectivity index (χ1v) is 8.18. The Balaban J connectivity index is 2.33. The molecule has 2 aromatic rings. The topological polar surface area (TPSA) is 72.0 Å². The summed E-state index contributed by atoms with van der Waals surface area (Å²) in [5.74, 6) is 0. The zero-order valence-corrected chi connectivity index (χ0v) is 13.0. The van der Waals surface area contributed by atoms with Gasteiger partial charge in [0.25, 0.3) is 10.0 Å². The molecule has 0 bridgehead atoms. The number of halogens is 2. The second-order valence-electron chi connectivity index (χ2n) is 3.34. The average Bonchev–Trinajstić information content (AvgIpc) is 2.67. The van der Waals surface area contributed by atoms with Crippen LogP contribution in [0, 0.1) is 6.92 Å². The highest BCUT2D eigenvalue weighted by atomic mass is 79.9. The molecule has 2 heterocycles. The predicted octanol–water partition coefficient (Wildman–Crippen LogP) is 3.06. The molecular formula is C9H7BrClN3O2S2. The van der Waals surface area contributed by atoms with Gasteiger partial charge in [-0.3, -0.25) is 4.72 Å². The van der Waals surface area contributed by atoms with Gasteiger partial charge in [-0.25, -0.2) is 18.4 Å². The third-order valence-corrected chi connectivity index (χ3v) is 5.37. The Morgan fingerprint density at radius 1 is 1.50 bits per heavy atom. The summed E-state index contributed by atoms with van der Waals surface area (Å²) in [4.78, 5) is 7.83. The maximum Gasteiger partial charge on any atom is 0.265 e. The Morgan fingerprint density at radius 2 is 2.22 bits per heavy atom. The number of aromatic nitrogens is 2. The van der Waals surface area contributed by atoms with Gasteiger partial charge in [-0.2, -0.15) is 0 Å². The van der Waals surface area contributed by atoms with Crippen LogP contribution in [0.1, 0.15) is 5.69 Å². The molecule has 0 saturated heterocycles. The summed E-state index contributed by atoms with van der Waals surface area (Å²) in [7, 11) is -3.69. The highest BCUT2D eigenvalue weighted by molar-refractivity contribution is 9.10. The molecule has 5 nitrogen and oxygen atoms in total. The lowest BCUT2D eigenvalue weighted by atomic mass is 10.5. The summed E-state index contributed by atoms with van der Waals surface area (Å²) in [6.45, 7) is 1.79. The Hall–Kier alpha value is -0.700. The summed E-state index contributed by atoms with van der Waals surface area (Å²) in [6, 6.07) is 1.39. The summed E-state index contributed by atoms with van der Waals surface area (Å²) in [5, 5.41) is 2.28. The van der Waals surface area contributed by atoms with Crippen molar-refractivity contribution < 1.29 is 8.42 Å². The lowest BCUT2D eigenvalue weighted by Gasteiger charge is -2.05. The van der Waals surface area contributed by atoms with Crippen LogP contribution in [0.2, 0.25) is 5.15 Å². The first kappa shape index (κ1) is 13.7. The lowest BCUT2D eigenvalue weighted by molar-refractivity contribution is 0.600. The number of pyridine rings is 1. The fourth-order valence-corrected chi connectivity index (χ4v) is 3.64. The van der Waals surface area contributed by atoms with Crippen molar-refractivity contribution in [3.05, 3.63) is 33.0 Å². The largest absolute Gasteiger partial charge is 0.265 e. The van der Waals surface area contributed by atoms with Crippen LogP contribution in [0.25, 0.3) is 0 Å². The van der Waals surface area contributed by atoms with Gasteiger partial charge in [0, 0.05) is 11.6 Å². The maximum absolute atomic E-state index is 12.0. The number of hydrogen-bond donors (Lipinski definition) is 1. The minimum atomic E-state index is -3.69. The van der Waals surface area contributed by atoms with Crippen LogP contribution >= 0.6 is 38.9 Å². The van der Waals surface area contributed by atoms with Crippen molar-refractivity contribution in [2.45, 2.75) is 11.8 Å². The maximum atomic E-state index is 12.0. The molecule has 1 N–H and O–H groups in total. The molecule has 0 spiro atoms. The van der Waals surface area contributed by atoms with Gasteiger partial charge in [0.2, 0.25) is 0 Å². The highest BCUT2D eigenvalue weighted by Crippen LogP contribution is 2.25. The van der Waals surface area contributed by atoms with E-state index < -0.39 is 10.0 Å². The third-order valence-electron chi connectivity index (χ3n) is 1.92. The Bertz CT molecular complexity index is 687. The van der Waals surface area contributed by atoms with Crippen LogP contribution in [-0.2, 0) is 10.0 Å². The molecule has 0 atom stereocenters. The molecule has 0 amide bonds. The summed E-state index contributed by atoms with van der Waals surface area (Å²) < 4.78 is 26.8. The van der Waals surface area contributed by atoms with Crippen molar-refractivity contribution in [3.63, 3.8) is 0 Å². The zero-order valence-electron chi connectivity index (χ0n) is 9.02. The Kier molecular flexibility index (Phi) is 3.90.